The third kappa shape index (κ3) is 5.64. The molecule has 22 heavy (non-hydrogen) atoms. The van der Waals surface area contributed by atoms with E-state index in [-0.39, 0.29) is 17.5 Å². The highest BCUT2D eigenvalue weighted by Gasteiger charge is 2.28. The third-order valence-electron chi connectivity index (χ3n) is 3.80. The van der Waals surface area contributed by atoms with E-state index in [1.807, 2.05) is 39.0 Å². The lowest BCUT2D eigenvalue weighted by molar-refractivity contribution is -0.161. The van der Waals surface area contributed by atoms with Gasteiger partial charge in [0, 0.05) is 6.54 Å². The van der Waals surface area contributed by atoms with Gasteiger partial charge in [-0.25, -0.2) is 0 Å². The number of likely N-dealkylation sites (tertiary alicyclic amines) is 1. The SMILES string of the molecule is CC(C)(C)OC(=O)C1CCN(CC=Cc2ccccc2)CC1. The number of hydrogen-bond acceptors (Lipinski definition) is 3. The number of piperidine rings is 1. The lowest BCUT2D eigenvalue weighted by Gasteiger charge is -2.31. The smallest absolute Gasteiger partial charge is 0.309 e. The summed E-state index contributed by atoms with van der Waals surface area (Å²) < 4.78 is 5.48. The summed E-state index contributed by atoms with van der Waals surface area (Å²) >= 11 is 0. The quantitative estimate of drug-likeness (QED) is 0.793. The Labute approximate surface area is 134 Å². The molecule has 1 fully saturated rings. The van der Waals surface area contributed by atoms with Crippen LogP contribution in [-0.4, -0.2) is 36.1 Å². The van der Waals surface area contributed by atoms with Crippen LogP contribution in [0, 0.1) is 5.92 Å². The first kappa shape index (κ1) is 16.8. The molecule has 0 aromatic heterocycles. The molecule has 1 heterocycles. The molecule has 0 bridgehead atoms. The fourth-order valence-electron chi connectivity index (χ4n) is 2.64. The lowest BCUT2D eigenvalue weighted by atomic mass is 9.96. The lowest BCUT2D eigenvalue weighted by Crippen LogP contribution is -2.38. The molecule has 1 aromatic carbocycles. The first-order valence-electron chi connectivity index (χ1n) is 8.11. The molecular formula is C19H27NO2. The maximum atomic E-state index is 12.1. The third-order valence-corrected chi connectivity index (χ3v) is 3.80. The van der Waals surface area contributed by atoms with Crippen molar-refractivity contribution in [2.24, 2.45) is 5.92 Å². The topological polar surface area (TPSA) is 29.5 Å². The van der Waals surface area contributed by atoms with Gasteiger partial charge in [-0.2, -0.15) is 0 Å². The van der Waals surface area contributed by atoms with E-state index in [1.54, 1.807) is 0 Å². The average Bonchev–Trinajstić information content (AvgIpc) is 2.47. The zero-order valence-corrected chi connectivity index (χ0v) is 13.9. The van der Waals surface area contributed by atoms with Crippen LogP contribution in [0.25, 0.3) is 6.08 Å². The molecule has 0 N–H and O–H groups in total. The van der Waals surface area contributed by atoms with Crippen molar-refractivity contribution < 1.29 is 9.53 Å². The monoisotopic (exact) mass is 301 g/mol. The zero-order valence-electron chi connectivity index (χ0n) is 13.9. The number of benzene rings is 1. The van der Waals surface area contributed by atoms with Gasteiger partial charge in [-0.05, 0) is 52.3 Å². The summed E-state index contributed by atoms with van der Waals surface area (Å²) in [4.78, 5) is 14.5. The van der Waals surface area contributed by atoms with Crippen molar-refractivity contribution in [3.63, 3.8) is 0 Å². The van der Waals surface area contributed by atoms with Crippen LogP contribution in [0.1, 0.15) is 39.2 Å². The van der Waals surface area contributed by atoms with Gasteiger partial charge in [0.1, 0.15) is 5.60 Å². The molecule has 120 valence electrons. The van der Waals surface area contributed by atoms with E-state index in [1.165, 1.54) is 5.56 Å². The highest BCUT2D eigenvalue weighted by Crippen LogP contribution is 2.21. The fourth-order valence-corrected chi connectivity index (χ4v) is 2.64. The second kappa shape index (κ2) is 7.59. The summed E-state index contributed by atoms with van der Waals surface area (Å²) in [6.45, 7) is 8.64. The molecule has 1 saturated heterocycles. The summed E-state index contributed by atoms with van der Waals surface area (Å²) in [5, 5.41) is 0. The van der Waals surface area contributed by atoms with Crippen LogP contribution in [-0.2, 0) is 9.53 Å². The summed E-state index contributed by atoms with van der Waals surface area (Å²) in [5.74, 6) is 0.0283. The van der Waals surface area contributed by atoms with Crippen LogP contribution in [0.2, 0.25) is 0 Å². The molecule has 3 heteroatoms. The molecule has 0 unspecified atom stereocenters. The van der Waals surface area contributed by atoms with E-state index < -0.39 is 0 Å². The van der Waals surface area contributed by atoms with Gasteiger partial charge < -0.3 is 4.74 Å². The molecule has 0 spiro atoms. The van der Waals surface area contributed by atoms with Crippen molar-refractivity contribution in [1.82, 2.24) is 4.90 Å². The maximum Gasteiger partial charge on any atom is 0.309 e. The van der Waals surface area contributed by atoms with Crippen molar-refractivity contribution in [2.75, 3.05) is 19.6 Å². The van der Waals surface area contributed by atoms with Crippen molar-refractivity contribution >= 4 is 12.0 Å². The van der Waals surface area contributed by atoms with Gasteiger partial charge in [-0.15, -0.1) is 0 Å². The Balaban J connectivity index is 1.73. The van der Waals surface area contributed by atoms with Gasteiger partial charge in [0.25, 0.3) is 0 Å². The van der Waals surface area contributed by atoms with Crippen molar-refractivity contribution in [3.05, 3.63) is 42.0 Å². The first-order valence-corrected chi connectivity index (χ1v) is 8.11. The number of nitrogens with zero attached hydrogens (tertiary/aromatic N) is 1. The van der Waals surface area contributed by atoms with E-state index in [9.17, 15) is 4.79 Å². The van der Waals surface area contributed by atoms with Gasteiger partial charge in [-0.1, -0.05) is 42.5 Å². The minimum absolute atomic E-state index is 0.0352. The predicted molar refractivity (Wildman–Crippen MR) is 90.5 cm³/mol. The minimum atomic E-state index is -0.382. The summed E-state index contributed by atoms with van der Waals surface area (Å²) in [5.41, 5.74) is 0.846. The van der Waals surface area contributed by atoms with E-state index in [0.29, 0.717) is 0 Å². The Bertz CT molecular complexity index is 494. The largest absolute Gasteiger partial charge is 0.460 e. The van der Waals surface area contributed by atoms with Gasteiger partial charge in [-0.3, -0.25) is 9.69 Å². The number of hydrogen-bond donors (Lipinski definition) is 0. The average molecular weight is 301 g/mol. The number of rotatable bonds is 4. The zero-order chi connectivity index (χ0) is 16.0. The van der Waals surface area contributed by atoms with Gasteiger partial charge in [0.05, 0.1) is 5.92 Å². The number of ether oxygens (including phenoxy) is 1. The summed E-state index contributed by atoms with van der Waals surface area (Å²) in [7, 11) is 0. The molecule has 1 aliphatic heterocycles. The second-order valence-electron chi connectivity index (χ2n) is 6.92. The van der Waals surface area contributed by atoms with E-state index >= 15 is 0 Å². The van der Waals surface area contributed by atoms with E-state index in [0.717, 1.165) is 32.5 Å². The molecule has 0 atom stereocenters. The Hall–Kier alpha value is -1.61. The fraction of sp³-hybridized carbons (Fsp3) is 0.526. The number of esters is 1. The molecule has 2 rings (SSSR count). The van der Waals surface area contributed by atoms with Crippen LogP contribution in [0.3, 0.4) is 0 Å². The van der Waals surface area contributed by atoms with Crippen LogP contribution < -0.4 is 0 Å². The van der Waals surface area contributed by atoms with Crippen LogP contribution in [0.5, 0.6) is 0 Å². The summed E-state index contributed by atoms with van der Waals surface area (Å²) in [6, 6.07) is 10.3. The van der Waals surface area contributed by atoms with Gasteiger partial charge in [0.2, 0.25) is 0 Å². The van der Waals surface area contributed by atoms with Crippen LogP contribution >= 0.6 is 0 Å². The molecule has 0 aliphatic carbocycles. The molecule has 1 aromatic rings. The van der Waals surface area contributed by atoms with Crippen LogP contribution in [0.4, 0.5) is 0 Å². The van der Waals surface area contributed by atoms with Gasteiger partial charge in [0.15, 0.2) is 0 Å². The van der Waals surface area contributed by atoms with E-state index in [2.05, 4.69) is 29.2 Å². The first-order chi connectivity index (χ1) is 10.4. The molecule has 0 amide bonds. The Morgan fingerprint density at radius 3 is 2.45 bits per heavy atom. The second-order valence-corrected chi connectivity index (χ2v) is 6.92. The molecule has 1 aliphatic rings. The number of carbonyl (C=O) groups excluding carboxylic acids is 1. The highest BCUT2D eigenvalue weighted by atomic mass is 16.6. The highest BCUT2D eigenvalue weighted by molar-refractivity contribution is 5.73. The predicted octanol–water partition coefficient (Wildman–Crippen LogP) is 3.75. The van der Waals surface area contributed by atoms with Gasteiger partial charge >= 0.3 is 5.97 Å². The normalized spacial score (nSPS) is 17.8. The van der Waals surface area contributed by atoms with Crippen molar-refractivity contribution in [2.45, 2.75) is 39.2 Å². The Kier molecular flexibility index (Phi) is 5.78. The molecular weight excluding hydrogens is 274 g/mol. The maximum absolute atomic E-state index is 12.1. The molecule has 0 radical (unpaired) electrons. The Morgan fingerprint density at radius 2 is 1.86 bits per heavy atom. The minimum Gasteiger partial charge on any atom is -0.460 e. The van der Waals surface area contributed by atoms with Crippen molar-refractivity contribution in [1.29, 1.82) is 0 Å². The van der Waals surface area contributed by atoms with Crippen LogP contribution in [0.15, 0.2) is 36.4 Å². The van der Waals surface area contributed by atoms with E-state index in [4.69, 9.17) is 4.74 Å². The van der Waals surface area contributed by atoms with Crippen molar-refractivity contribution in [3.8, 4) is 0 Å². The molecule has 3 nitrogen and oxygen atoms in total. The summed E-state index contributed by atoms with van der Waals surface area (Å²) in [6.07, 6.45) is 6.14. The Morgan fingerprint density at radius 1 is 1.23 bits per heavy atom. The standard InChI is InChI=1S/C19H27NO2/c1-19(2,3)22-18(21)17-11-14-20(15-12-17)13-7-10-16-8-5-4-6-9-16/h4-10,17H,11-15H2,1-3H3. The molecule has 0 saturated carbocycles. The number of carbonyl (C=O) groups is 1.